The first-order chi connectivity index (χ1) is 13.2. The van der Waals surface area contributed by atoms with Gasteiger partial charge in [0.05, 0.1) is 26.2 Å². The number of carbonyl (C=O) groups excluding carboxylic acids is 1. The molecule has 2 aromatic rings. The lowest BCUT2D eigenvalue weighted by Crippen LogP contribution is -3.13. The average Bonchev–Trinajstić information content (AvgIpc) is 3.14. The molecule has 2 aliphatic rings. The molecule has 0 aromatic heterocycles. The highest BCUT2D eigenvalue weighted by atomic mass is 35.5. The van der Waals surface area contributed by atoms with Gasteiger partial charge in [0.2, 0.25) is 12.7 Å². The molecule has 2 heterocycles. The van der Waals surface area contributed by atoms with Gasteiger partial charge in [-0.15, -0.1) is 0 Å². The van der Waals surface area contributed by atoms with Crippen molar-refractivity contribution in [1.29, 1.82) is 0 Å². The molecule has 0 unspecified atom stereocenters. The summed E-state index contributed by atoms with van der Waals surface area (Å²) < 4.78 is 10.7. The first kappa shape index (κ1) is 17.9. The number of hydrogen-bond acceptors (Lipinski definition) is 3. The molecular weight excluding hydrogens is 364 g/mol. The number of nitrogens with zero attached hydrogens (tertiary/aromatic N) is 1. The third kappa shape index (κ3) is 4.43. The second kappa shape index (κ2) is 8.03. The maximum absolute atomic E-state index is 12.5. The van der Waals surface area contributed by atoms with Crippen LogP contribution in [0.25, 0.3) is 6.08 Å². The Morgan fingerprint density at radius 1 is 1.11 bits per heavy atom. The Labute approximate surface area is 163 Å². The molecule has 140 valence electrons. The van der Waals surface area contributed by atoms with E-state index in [0.717, 1.165) is 54.8 Å². The van der Waals surface area contributed by atoms with E-state index in [9.17, 15) is 4.79 Å². The third-order valence-electron chi connectivity index (χ3n) is 4.94. The van der Waals surface area contributed by atoms with E-state index in [0.29, 0.717) is 0 Å². The fraction of sp³-hybridized carbons (Fsp3) is 0.286. The Morgan fingerprint density at radius 2 is 1.93 bits per heavy atom. The minimum atomic E-state index is 0.0504. The predicted octanol–water partition coefficient (Wildman–Crippen LogP) is 2.01. The fourth-order valence-corrected chi connectivity index (χ4v) is 3.66. The van der Waals surface area contributed by atoms with Crippen LogP contribution in [0.15, 0.2) is 48.5 Å². The Hall–Kier alpha value is -2.50. The van der Waals surface area contributed by atoms with Crippen LogP contribution in [-0.4, -0.2) is 43.8 Å². The van der Waals surface area contributed by atoms with Crippen molar-refractivity contribution >= 4 is 23.6 Å². The molecule has 1 amide bonds. The number of carbonyl (C=O) groups is 1. The van der Waals surface area contributed by atoms with E-state index in [2.05, 4.69) is 6.07 Å². The Kier molecular flexibility index (Phi) is 5.32. The van der Waals surface area contributed by atoms with Crippen molar-refractivity contribution in [3.63, 3.8) is 0 Å². The lowest BCUT2D eigenvalue weighted by atomic mass is 10.1. The highest BCUT2D eigenvalue weighted by molar-refractivity contribution is 6.30. The van der Waals surface area contributed by atoms with E-state index in [-0.39, 0.29) is 12.7 Å². The number of piperazine rings is 1. The molecule has 1 N–H and O–H groups in total. The second-order valence-corrected chi connectivity index (χ2v) is 7.26. The summed E-state index contributed by atoms with van der Waals surface area (Å²) in [7, 11) is 0. The molecule has 27 heavy (non-hydrogen) atoms. The van der Waals surface area contributed by atoms with Crippen molar-refractivity contribution in [3.05, 3.63) is 64.7 Å². The van der Waals surface area contributed by atoms with Gasteiger partial charge in [0.15, 0.2) is 11.5 Å². The quantitative estimate of drug-likeness (QED) is 0.819. The van der Waals surface area contributed by atoms with Crippen LogP contribution in [0.2, 0.25) is 5.02 Å². The summed E-state index contributed by atoms with van der Waals surface area (Å²) in [6.45, 7) is 4.60. The number of rotatable bonds is 4. The van der Waals surface area contributed by atoms with Gasteiger partial charge in [0.25, 0.3) is 0 Å². The van der Waals surface area contributed by atoms with E-state index in [1.54, 1.807) is 6.08 Å². The maximum atomic E-state index is 12.5. The Bertz CT molecular complexity index is 860. The van der Waals surface area contributed by atoms with Gasteiger partial charge >= 0.3 is 0 Å². The average molecular weight is 386 g/mol. The zero-order chi connectivity index (χ0) is 18.6. The van der Waals surface area contributed by atoms with Gasteiger partial charge in [-0.3, -0.25) is 4.79 Å². The van der Waals surface area contributed by atoms with Gasteiger partial charge in [-0.2, -0.15) is 0 Å². The molecule has 1 fully saturated rings. The number of halogens is 1. The molecule has 0 saturated carbocycles. The summed E-state index contributed by atoms with van der Waals surface area (Å²) in [5.41, 5.74) is 2.16. The van der Waals surface area contributed by atoms with Crippen molar-refractivity contribution in [3.8, 4) is 11.5 Å². The summed E-state index contributed by atoms with van der Waals surface area (Å²) in [6.07, 6.45) is 3.47. The predicted molar refractivity (Wildman–Crippen MR) is 104 cm³/mol. The molecule has 0 atom stereocenters. The van der Waals surface area contributed by atoms with Crippen molar-refractivity contribution in [2.45, 2.75) is 6.54 Å². The van der Waals surface area contributed by atoms with Crippen LogP contribution in [0.3, 0.4) is 0 Å². The topological polar surface area (TPSA) is 43.2 Å². The zero-order valence-electron chi connectivity index (χ0n) is 15.0. The highest BCUT2D eigenvalue weighted by Gasteiger charge is 2.22. The molecular formula is C21H22ClN2O3+. The van der Waals surface area contributed by atoms with Crippen LogP contribution in [0.5, 0.6) is 11.5 Å². The molecule has 0 radical (unpaired) electrons. The number of amides is 1. The molecule has 4 rings (SSSR count). The first-order valence-corrected chi connectivity index (χ1v) is 9.50. The fourth-order valence-electron chi connectivity index (χ4n) is 3.45. The van der Waals surface area contributed by atoms with Crippen LogP contribution < -0.4 is 14.4 Å². The van der Waals surface area contributed by atoms with Gasteiger partial charge in [0, 0.05) is 16.7 Å². The number of benzene rings is 2. The van der Waals surface area contributed by atoms with Crippen molar-refractivity contribution in [1.82, 2.24) is 4.90 Å². The van der Waals surface area contributed by atoms with Crippen molar-refractivity contribution < 1.29 is 19.2 Å². The molecule has 0 aliphatic carbocycles. The largest absolute Gasteiger partial charge is 0.454 e. The minimum absolute atomic E-state index is 0.0504. The number of hydrogen-bond donors (Lipinski definition) is 1. The normalized spacial score (nSPS) is 16.9. The van der Waals surface area contributed by atoms with Crippen molar-refractivity contribution in [2.75, 3.05) is 33.0 Å². The van der Waals surface area contributed by atoms with E-state index in [4.69, 9.17) is 21.1 Å². The van der Waals surface area contributed by atoms with Crippen LogP contribution in [0.4, 0.5) is 0 Å². The molecule has 5 nitrogen and oxygen atoms in total. The number of quaternary nitrogens is 1. The first-order valence-electron chi connectivity index (χ1n) is 9.12. The SMILES string of the molecule is O=C(/C=C/c1ccc2c(c1)OCO2)N1CC[NH+](Cc2cccc(Cl)c2)CC1. The summed E-state index contributed by atoms with van der Waals surface area (Å²) in [4.78, 5) is 15.9. The van der Waals surface area contributed by atoms with Gasteiger partial charge < -0.3 is 19.3 Å². The Balaban J connectivity index is 1.29. The van der Waals surface area contributed by atoms with E-state index in [1.165, 1.54) is 10.5 Å². The van der Waals surface area contributed by atoms with Gasteiger partial charge in [0.1, 0.15) is 6.54 Å². The lowest BCUT2D eigenvalue weighted by molar-refractivity contribution is -0.917. The molecule has 0 bridgehead atoms. The van der Waals surface area contributed by atoms with Crippen LogP contribution in [-0.2, 0) is 11.3 Å². The van der Waals surface area contributed by atoms with E-state index in [1.807, 2.05) is 47.4 Å². The van der Waals surface area contributed by atoms with Gasteiger partial charge in [-0.05, 0) is 35.9 Å². The minimum Gasteiger partial charge on any atom is -0.454 e. The number of nitrogens with one attached hydrogen (secondary N) is 1. The highest BCUT2D eigenvalue weighted by Crippen LogP contribution is 2.32. The molecule has 1 saturated heterocycles. The summed E-state index contributed by atoms with van der Waals surface area (Å²) in [5, 5.41) is 0.773. The van der Waals surface area contributed by atoms with Crippen LogP contribution in [0, 0.1) is 0 Å². The Morgan fingerprint density at radius 3 is 2.74 bits per heavy atom. The smallest absolute Gasteiger partial charge is 0.246 e. The van der Waals surface area contributed by atoms with E-state index < -0.39 is 0 Å². The molecule has 2 aliphatic heterocycles. The van der Waals surface area contributed by atoms with Crippen LogP contribution in [0.1, 0.15) is 11.1 Å². The molecule has 0 spiro atoms. The van der Waals surface area contributed by atoms with Crippen LogP contribution >= 0.6 is 11.6 Å². The van der Waals surface area contributed by atoms with Crippen molar-refractivity contribution in [2.24, 2.45) is 0 Å². The number of fused-ring (bicyclic) bond motifs is 1. The molecule has 2 aromatic carbocycles. The van der Waals surface area contributed by atoms with Gasteiger partial charge in [-0.25, -0.2) is 0 Å². The summed E-state index contributed by atoms with van der Waals surface area (Å²) in [6, 6.07) is 13.7. The lowest BCUT2D eigenvalue weighted by Gasteiger charge is -2.31. The molecule has 6 heteroatoms. The summed E-state index contributed by atoms with van der Waals surface area (Å²) in [5.74, 6) is 1.52. The maximum Gasteiger partial charge on any atom is 0.246 e. The standard InChI is InChI=1S/C21H21ClN2O3/c22-18-3-1-2-17(12-18)14-23-8-10-24(11-9-23)21(25)7-5-16-4-6-19-20(13-16)27-15-26-19/h1-7,12-13H,8-11,14-15H2/p+1/b7-5+. The third-order valence-corrected chi connectivity index (χ3v) is 5.18. The van der Waals surface area contributed by atoms with E-state index >= 15 is 0 Å². The van der Waals surface area contributed by atoms with Gasteiger partial charge in [-0.1, -0.05) is 29.8 Å². The number of ether oxygens (including phenoxy) is 2. The zero-order valence-corrected chi connectivity index (χ0v) is 15.7. The monoisotopic (exact) mass is 385 g/mol. The summed E-state index contributed by atoms with van der Waals surface area (Å²) >= 11 is 6.06. The second-order valence-electron chi connectivity index (χ2n) is 6.83.